The van der Waals surface area contributed by atoms with Crippen molar-refractivity contribution in [2.24, 2.45) is 0 Å². The molecule has 3 aromatic carbocycles. The Morgan fingerprint density at radius 2 is 1.86 bits per heavy atom. The van der Waals surface area contributed by atoms with Crippen LogP contribution in [-0.2, 0) is 22.6 Å². The lowest BCUT2D eigenvalue weighted by Gasteiger charge is -2.36. The molecule has 1 heterocycles. The van der Waals surface area contributed by atoms with E-state index in [0.29, 0.717) is 30.2 Å². The second kappa shape index (κ2) is 10.2. The molecule has 5 rings (SSSR count). The van der Waals surface area contributed by atoms with Crippen molar-refractivity contribution >= 4 is 17.5 Å². The number of hydrogen-bond donors (Lipinski definition) is 1. The van der Waals surface area contributed by atoms with Crippen LogP contribution >= 0.6 is 0 Å². The summed E-state index contributed by atoms with van der Waals surface area (Å²) in [6, 6.07) is 23.2. The molecule has 2 amide bonds. The number of anilines is 1. The molecule has 1 aliphatic heterocycles. The van der Waals surface area contributed by atoms with E-state index in [1.165, 1.54) is 11.1 Å². The van der Waals surface area contributed by atoms with Crippen molar-refractivity contribution in [3.63, 3.8) is 0 Å². The molecule has 0 spiro atoms. The minimum Gasteiger partial charge on any atom is -0.484 e. The van der Waals surface area contributed by atoms with E-state index in [4.69, 9.17) is 9.47 Å². The fraction of sp³-hybridized carbons (Fsp3) is 0.310. The van der Waals surface area contributed by atoms with Crippen LogP contribution in [0, 0.1) is 0 Å². The number of carbonyl (C=O) groups excluding carboxylic acids is 2. The van der Waals surface area contributed by atoms with Crippen LogP contribution < -0.4 is 14.8 Å². The molecule has 2 aliphatic rings. The smallest absolute Gasteiger partial charge is 0.264 e. The normalized spacial score (nSPS) is 19.1. The highest BCUT2D eigenvalue weighted by Crippen LogP contribution is 2.39. The molecule has 1 aliphatic carbocycles. The monoisotopic (exact) mass is 470 g/mol. The summed E-state index contributed by atoms with van der Waals surface area (Å²) >= 11 is 0. The number of fused-ring (bicyclic) bond motifs is 2. The molecule has 6 nitrogen and oxygen atoms in total. The minimum absolute atomic E-state index is 0.0206. The highest BCUT2D eigenvalue weighted by molar-refractivity contribution is 5.92. The van der Waals surface area contributed by atoms with Crippen molar-refractivity contribution in [3.05, 3.63) is 89.5 Å². The summed E-state index contributed by atoms with van der Waals surface area (Å²) in [6.07, 6.45) is 3.10. The van der Waals surface area contributed by atoms with E-state index in [1.54, 1.807) is 0 Å². The standard InChI is InChI=1S/C29H30N2O4/c1-2-26-29(33)31(25-14-8-10-20-9-6-7-13-24(20)25)18-21-17-22(15-16-27(21)35-26)30-28(32)19-34-23-11-4-3-5-12-23/h3-7,9,11-13,15-17,25-26H,2,8,10,14,18-19H2,1H3,(H,30,32)/t25-,26-/m0/s1. The molecule has 1 N–H and O–H groups in total. The van der Waals surface area contributed by atoms with Crippen LogP contribution in [0.5, 0.6) is 11.5 Å². The molecule has 2 atom stereocenters. The van der Waals surface area contributed by atoms with Crippen molar-refractivity contribution in [3.8, 4) is 11.5 Å². The maximum absolute atomic E-state index is 13.6. The van der Waals surface area contributed by atoms with Crippen LogP contribution in [0.25, 0.3) is 0 Å². The van der Waals surface area contributed by atoms with Crippen molar-refractivity contribution in [2.75, 3.05) is 11.9 Å². The zero-order valence-corrected chi connectivity index (χ0v) is 19.9. The first-order valence-electron chi connectivity index (χ1n) is 12.3. The largest absolute Gasteiger partial charge is 0.484 e. The van der Waals surface area contributed by atoms with Crippen LogP contribution in [0.3, 0.4) is 0 Å². The summed E-state index contributed by atoms with van der Waals surface area (Å²) in [4.78, 5) is 28.0. The Bertz CT molecular complexity index is 1210. The molecule has 0 fully saturated rings. The summed E-state index contributed by atoms with van der Waals surface area (Å²) in [5.41, 5.74) is 4.09. The molecule has 0 saturated carbocycles. The Hall–Kier alpha value is -3.80. The van der Waals surface area contributed by atoms with Crippen LogP contribution in [0.2, 0.25) is 0 Å². The fourth-order valence-electron chi connectivity index (χ4n) is 4.98. The number of carbonyl (C=O) groups is 2. The SMILES string of the molecule is CC[C@@H]1Oc2ccc(NC(=O)COc3ccccc3)cc2CN([C@H]2CCCc3ccccc32)C1=O. The quantitative estimate of drug-likeness (QED) is 0.532. The Labute approximate surface area is 205 Å². The molecule has 0 unspecified atom stereocenters. The highest BCUT2D eigenvalue weighted by Gasteiger charge is 2.36. The Morgan fingerprint density at radius 3 is 2.69 bits per heavy atom. The van der Waals surface area contributed by atoms with E-state index >= 15 is 0 Å². The molecule has 0 radical (unpaired) electrons. The highest BCUT2D eigenvalue weighted by atomic mass is 16.5. The molecule has 6 heteroatoms. The zero-order valence-electron chi connectivity index (χ0n) is 19.9. The topological polar surface area (TPSA) is 67.9 Å². The molecule has 3 aromatic rings. The average Bonchev–Trinajstić information content (AvgIpc) is 3.03. The van der Waals surface area contributed by atoms with Gasteiger partial charge in [0.2, 0.25) is 0 Å². The van der Waals surface area contributed by atoms with Crippen LogP contribution in [0.15, 0.2) is 72.8 Å². The summed E-state index contributed by atoms with van der Waals surface area (Å²) in [6.45, 7) is 2.33. The number of nitrogens with zero attached hydrogens (tertiary/aromatic N) is 1. The van der Waals surface area contributed by atoms with Gasteiger partial charge in [-0.05, 0) is 67.1 Å². The van der Waals surface area contributed by atoms with Gasteiger partial charge < -0.3 is 19.7 Å². The van der Waals surface area contributed by atoms with Crippen LogP contribution in [0.1, 0.15) is 48.9 Å². The number of benzene rings is 3. The predicted octanol–water partition coefficient (Wildman–Crippen LogP) is 5.28. The Morgan fingerprint density at radius 1 is 1.06 bits per heavy atom. The van der Waals surface area contributed by atoms with Gasteiger partial charge in [-0.1, -0.05) is 49.4 Å². The van der Waals surface area contributed by atoms with Gasteiger partial charge in [-0.2, -0.15) is 0 Å². The van der Waals surface area contributed by atoms with E-state index < -0.39 is 6.10 Å². The first kappa shape index (κ1) is 23.0. The number of aryl methyl sites for hydroxylation is 1. The molecule has 0 saturated heterocycles. The number of nitrogens with one attached hydrogen (secondary N) is 1. The summed E-state index contributed by atoms with van der Waals surface area (Å²) < 4.78 is 11.7. The van der Waals surface area contributed by atoms with Crippen molar-refractivity contribution in [2.45, 2.75) is 51.3 Å². The first-order valence-corrected chi connectivity index (χ1v) is 12.3. The van der Waals surface area contributed by atoms with Gasteiger partial charge in [0.05, 0.1) is 12.6 Å². The van der Waals surface area contributed by atoms with Gasteiger partial charge in [0.15, 0.2) is 12.7 Å². The summed E-state index contributed by atoms with van der Waals surface area (Å²) in [7, 11) is 0. The molecular formula is C29H30N2O4. The minimum atomic E-state index is -0.523. The molecule has 180 valence electrons. The van der Waals surface area contributed by atoms with E-state index in [9.17, 15) is 9.59 Å². The molecule has 0 bridgehead atoms. The fourth-order valence-corrected chi connectivity index (χ4v) is 4.98. The molecule has 0 aromatic heterocycles. The van der Waals surface area contributed by atoms with Crippen LogP contribution in [0.4, 0.5) is 5.69 Å². The van der Waals surface area contributed by atoms with Gasteiger partial charge in [-0.3, -0.25) is 9.59 Å². The Balaban J connectivity index is 1.37. The maximum atomic E-state index is 13.6. The van der Waals surface area contributed by atoms with Crippen molar-refractivity contribution in [1.82, 2.24) is 4.90 Å². The van der Waals surface area contributed by atoms with Crippen molar-refractivity contribution < 1.29 is 19.1 Å². The average molecular weight is 471 g/mol. The second-order valence-corrected chi connectivity index (χ2v) is 9.06. The molecular weight excluding hydrogens is 440 g/mol. The van der Waals surface area contributed by atoms with Gasteiger partial charge in [-0.15, -0.1) is 0 Å². The van der Waals surface area contributed by atoms with Gasteiger partial charge in [0.25, 0.3) is 11.8 Å². The lowest BCUT2D eigenvalue weighted by molar-refractivity contribution is -0.141. The van der Waals surface area contributed by atoms with Crippen LogP contribution in [-0.4, -0.2) is 29.4 Å². The third-order valence-electron chi connectivity index (χ3n) is 6.71. The third kappa shape index (κ3) is 5.02. The summed E-state index contributed by atoms with van der Waals surface area (Å²) in [5, 5.41) is 2.91. The maximum Gasteiger partial charge on any atom is 0.264 e. The number of amides is 2. The van der Waals surface area contributed by atoms with E-state index in [1.807, 2.05) is 66.4 Å². The van der Waals surface area contributed by atoms with E-state index in [-0.39, 0.29) is 24.5 Å². The Kier molecular flexibility index (Phi) is 6.70. The number of rotatable bonds is 6. The van der Waals surface area contributed by atoms with Gasteiger partial charge in [-0.25, -0.2) is 0 Å². The van der Waals surface area contributed by atoms with Gasteiger partial charge in [0.1, 0.15) is 11.5 Å². The first-order chi connectivity index (χ1) is 17.1. The number of para-hydroxylation sites is 1. The third-order valence-corrected chi connectivity index (χ3v) is 6.71. The number of ether oxygens (including phenoxy) is 2. The van der Waals surface area contributed by atoms with Gasteiger partial charge in [0, 0.05) is 11.3 Å². The zero-order chi connectivity index (χ0) is 24.2. The lowest BCUT2D eigenvalue weighted by atomic mass is 9.86. The predicted molar refractivity (Wildman–Crippen MR) is 134 cm³/mol. The molecule has 35 heavy (non-hydrogen) atoms. The second-order valence-electron chi connectivity index (χ2n) is 9.06. The van der Waals surface area contributed by atoms with E-state index in [0.717, 1.165) is 24.8 Å². The number of hydrogen-bond acceptors (Lipinski definition) is 4. The summed E-state index contributed by atoms with van der Waals surface area (Å²) in [5.74, 6) is 1.11. The van der Waals surface area contributed by atoms with E-state index in [2.05, 4.69) is 23.5 Å². The van der Waals surface area contributed by atoms with Gasteiger partial charge >= 0.3 is 0 Å². The lowest BCUT2D eigenvalue weighted by Crippen LogP contribution is -2.42. The van der Waals surface area contributed by atoms with Crippen molar-refractivity contribution in [1.29, 1.82) is 0 Å².